The Labute approximate surface area is 164 Å². The summed E-state index contributed by atoms with van der Waals surface area (Å²) in [5, 5.41) is 23.5. The van der Waals surface area contributed by atoms with Gasteiger partial charge in [0.05, 0.1) is 32.1 Å². The number of anilines is 1. The summed E-state index contributed by atoms with van der Waals surface area (Å²) >= 11 is 0. The van der Waals surface area contributed by atoms with Crippen molar-refractivity contribution in [3.05, 3.63) is 12.7 Å². The van der Waals surface area contributed by atoms with E-state index in [0.717, 1.165) is 0 Å². The molecule has 0 spiro atoms. The first kappa shape index (κ1) is 25.7. The minimum atomic E-state index is -0.750. The van der Waals surface area contributed by atoms with Crippen LogP contribution in [0, 0.1) is 17.8 Å². The van der Waals surface area contributed by atoms with Gasteiger partial charge < -0.3 is 25.8 Å². The first-order chi connectivity index (χ1) is 13.6. The molecule has 2 aromatic heterocycles. The van der Waals surface area contributed by atoms with Crippen LogP contribution in [0.5, 0.6) is 0 Å². The molecule has 0 radical (unpaired) electrons. The highest BCUT2D eigenvalue weighted by Gasteiger charge is 2.36. The van der Waals surface area contributed by atoms with Crippen molar-refractivity contribution in [2.75, 3.05) is 26.3 Å². The number of hydrogen-bond acceptors (Lipinski definition) is 8. The highest BCUT2D eigenvalue weighted by molar-refractivity contribution is 5.81. The zero-order valence-electron chi connectivity index (χ0n) is 16.7. The van der Waals surface area contributed by atoms with Crippen molar-refractivity contribution < 1.29 is 24.4 Å². The Morgan fingerprint density at radius 3 is 2.39 bits per heavy atom. The van der Waals surface area contributed by atoms with Gasteiger partial charge in [-0.1, -0.05) is 26.2 Å². The third kappa shape index (κ3) is 7.01. The second-order valence-corrected chi connectivity index (χ2v) is 5.50. The van der Waals surface area contributed by atoms with Crippen molar-refractivity contribution in [1.29, 1.82) is 0 Å². The summed E-state index contributed by atoms with van der Waals surface area (Å²) in [7, 11) is 0.500. The standard InChI is InChI=1S/C13H15N5O2.C3H8.CH3F.CH4O2/c1-2-3-8-4-9(5-19)20-13(8)18-7-17-10-11(14)15-6-16-12(10)18;1-3-2;1-2;2-1-3/h6-9,13,19H,4-5H2,1H3,(H2,14,15,16);3H2,1-2H3;1H3;2-3H,1H2/t8-,9?,13?;;;/m0.../s1. The number of imidazole rings is 1. The molecular formula is C18H30FN5O4. The number of alkyl halides is 1. The van der Waals surface area contributed by atoms with Gasteiger partial charge in [-0.3, -0.25) is 8.96 Å². The maximum Gasteiger partial charge on any atom is 0.167 e. The van der Waals surface area contributed by atoms with Crippen LogP contribution in [0.1, 0.15) is 39.8 Å². The van der Waals surface area contributed by atoms with Crippen LogP contribution in [0.4, 0.5) is 10.2 Å². The van der Waals surface area contributed by atoms with Crippen LogP contribution in [0.15, 0.2) is 12.7 Å². The van der Waals surface area contributed by atoms with Gasteiger partial charge in [0, 0.05) is 0 Å². The summed E-state index contributed by atoms with van der Waals surface area (Å²) in [6.07, 6.45) is 4.42. The number of fused-ring (bicyclic) bond motifs is 1. The van der Waals surface area contributed by atoms with E-state index in [2.05, 4.69) is 40.6 Å². The number of ether oxygens (including phenoxy) is 1. The summed E-state index contributed by atoms with van der Waals surface area (Å²) < 4.78 is 17.1. The minimum absolute atomic E-state index is 0.00857. The molecule has 0 bridgehead atoms. The van der Waals surface area contributed by atoms with Crippen LogP contribution in [0.3, 0.4) is 0 Å². The molecule has 2 unspecified atom stereocenters. The summed E-state index contributed by atoms with van der Waals surface area (Å²) in [5.41, 5.74) is 6.94. The van der Waals surface area contributed by atoms with Gasteiger partial charge >= 0.3 is 0 Å². The van der Waals surface area contributed by atoms with Crippen LogP contribution in [-0.2, 0) is 4.74 Å². The van der Waals surface area contributed by atoms with Gasteiger partial charge in [0.2, 0.25) is 0 Å². The molecule has 0 amide bonds. The second kappa shape index (κ2) is 14.7. The molecule has 1 aliphatic rings. The molecule has 1 aliphatic heterocycles. The molecular weight excluding hydrogens is 369 g/mol. The van der Waals surface area contributed by atoms with E-state index < -0.39 is 6.79 Å². The van der Waals surface area contributed by atoms with E-state index in [-0.39, 0.29) is 24.9 Å². The van der Waals surface area contributed by atoms with E-state index in [1.165, 1.54) is 12.7 Å². The first-order valence-corrected chi connectivity index (χ1v) is 8.78. The molecule has 1 saturated heterocycles. The van der Waals surface area contributed by atoms with E-state index in [1.54, 1.807) is 17.8 Å². The monoisotopic (exact) mass is 399 g/mol. The Balaban J connectivity index is 0.000000796. The van der Waals surface area contributed by atoms with Crippen molar-refractivity contribution in [3.8, 4) is 11.8 Å². The van der Waals surface area contributed by atoms with Crippen LogP contribution >= 0.6 is 0 Å². The number of aromatic nitrogens is 4. The van der Waals surface area contributed by atoms with E-state index in [0.29, 0.717) is 30.6 Å². The number of halogens is 1. The van der Waals surface area contributed by atoms with Crippen molar-refractivity contribution in [2.45, 2.75) is 45.9 Å². The molecule has 10 heteroatoms. The number of aliphatic hydroxyl groups excluding tert-OH is 2. The molecule has 1 fully saturated rings. The van der Waals surface area contributed by atoms with Gasteiger partial charge in [-0.25, -0.2) is 15.0 Å². The predicted molar refractivity (Wildman–Crippen MR) is 105 cm³/mol. The van der Waals surface area contributed by atoms with Crippen molar-refractivity contribution in [3.63, 3.8) is 0 Å². The normalized spacial score (nSPS) is 19.8. The quantitative estimate of drug-likeness (QED) is 0.437. The number of aliphatic hydroxyl groups is 3. The third-order valence-corrected chi connectivity index (χ3v) is 3.39. The van der Waals surface area contributed by atoms with E-state index in [9.17, 15) is 9.50 Å². The van der Waals surface area contributed by atoms with Gasteiger partial charge in [0.25, 0.3) is 0 Å². The van der Waals surface area contributed by atoms with Gasteiger partial charge in [-0.2, -0.15) is 0 Å². The molecule has 3 heterocycles. The number of nitrogens with zero attached hydrogens (tertiary/aromatic N) is 4. The molecule has 0 aliphatic carbocycles. The molecule has 158 valence electrons. The molecule has 3 atom stereocenters. The Bertz CT molecular complexity index is 730. The van der Waals surface area contributed by atoms with E-state index in [1.807, 2.05) is 0 Å². The second-order valence-electron chi connectivity index (χ2n) is 5.50. The summed E-state index contributed by atoms with van der Waals surface area (Å²) in [6.45, 7) is 5.26. The van der Waals surface area contributed by atoms with Crippen LogP contribution in [0.25, 0.3) is 11.2 Å². The first-order valence-electron chi connectivity index (χ1n) is 8.78. The lowest BCUT2D eigenvalue weighted by atomic mass is 10.0. The molecule has 9 nitrogen and oxygen atoms in total. The van der Waals surface area contributed by atoms with E-state index >= 15 is 0 Å². The minimum Gasteiger partial charge on any atom is -0.394 e. The fourth-order valence-electron chi connectivity index (χ4n) is 2.50. The van der Waals surface area contributed by atoms with Gasteiger partial charge in [-0.15, -0.1) is 5.92 Å². The Morgan fingerprint density at radius 1 is 1.25 bits per heavy atom. The average molecular weight is 399 g/mol. The van der Waals surface area contributed by atoms with Crippen molar-refractivity contribution in [2.24, 2.45) is 5.92 Å². The van der Waals surface area contributed by atoms with Gasteiger partial charge in [0.15, 0.2) is 17.7 Å². The summed E-state index contributed by atoms with van der Waals surface area (Å²) in [5.74, 6) is 6.35. The van der Waals surface area contributed by atoms with Crippen molar-refractivity contribution >= 4 is 17.0 Å². The number of nitrogen functional groups attached to an aromatic ring is 1. The largest absolute Gasteiger partial charge is 0.394 e. The lowest BCUT2D eigenvalue weighted by Gasteiger charge is -2.16. The molecule has 5 N–H and O–H groups in total. The SMILES string of the molecule is CC#C[C@H]1CC(CO)OC1n1cnc2c(N)ncnc21.CCC.CF.OCO. The van der Waals surface area contributed by atoms with E-state index in [4.69, 9.17) is 20.7 Å². The highest BCUT2D eigenvalue weighted by atomic mass is 19.1. The zero-order valence-corrected chi connectivity index (χ0v) is 16.7. The summed E-state index contributed by atoms with van der Waals surface area (Å²) in [6, 6.07) is 0. The number of hydrogen-bond donors (Lipinski definition) is 4. The van der Waals surface area contributed by atoms with Crippen LogP contribution in [0.2, 0.25) is 0 Å². The highest BCUT2D eigenvalue weighted by Crippen LogP contribution is 2.35. The lowest BCUT2D eigenvalue weighted by Crippen LogP contribution is -2.16. The van der Waals surface area contributed by atoms with Crippen LogP contribution in [-0.4, -0.2) is 61.5 Å². The number of rotatable bonds is 2. The maximum atomic E-state index is 9.50. The third-order valence-electron chi connectivity index (χ3n) is 3.39. The summed E-state index contributed by atoms with van der Waals surface area (Å²) in [4.78, 5) is 12.4. The lowest BCUT2D eigenvalue weighted by molar-refractivity contribution is -0.0262. The smallest absolute Gasteiger partial charge is 0.167 e. The molecule has 2 aromatic rings. The molecule has 0 aromatic carbocycles. The Morgan fingerprint density at radius 2 is 1.86 bits per heavy atom. The number of nitrogens with two attached hydrogens (primary N) is 1. The Hall–Kier alpha value is -2.32. The Kier molecular flexibility index (Phi) is 13.5. The fraction of sp³-hybridized carbons (Fsp3) is 0.611. The molecule has 28 heavy (non-hydrogen) atoms. The topological polar surface area (TPSA) is 140 Å². The predicted octanol–water partition coefficient (Wildman–Crippen LogP) is 1.26. The molecule has 3 rings (SSSR count). The van der Waals surface area contributed by atoms with Gasteiger partial charge in [-0.05, 0) is 13.3 Å². The van der Waals surface area contributed by atoms with Crippen LogP contribution < -0.4 is 5.73 Å². The maximum absolute atomic E-state index is 9.50. The van der Waals surface area contributed by atoms with Crippen molar-refractivity contribution in [1.82, 2.24) is 19.5 Å². The average Bonchev–Trinajstić information content (AvgIpc) is 3.29. The van der Waals surface area contributed by atoms with Gasteiger partial charge in [0.1, 0.15) is 18.6 Å². The zero-order chi connectivity index (χ0) is 21.5. The fourth-order valence-corrected chi connectivity index (χ4v) is 2.50. The molecule has 0 saturated carbocycles.